The quantitative estimate of drug-likeness (QED) is 0.0424. The molecule has 0 bridgehead atoms. The van der Waals surface area contributed by atoms with Crippen LogP contribution in [0.4, 0.5) is 5.82 Å². The summed E-state index contributed by atoms with van der Waals surface area (Å²) in [6.45, 7) is 1.08. The lowest BCUT2D eigenvalue weighted by Crippen LogP contribution is -2.68. The van der Waals surface area contributed by atoms with Gasteiger partial charge in [0.2, 0.25) is 10.8 Å². The molecule has 81 heavy (non-hydrogen) atoms. The zero-order chi connectivity index (χ0) is 59.0. The first kappa shape index (κ1) is 62.1. The molecule has 1 unspecified atom stereocenters. The predicted octanol–water partition coefficient (Wildman–Crippen LogP) is 4.43. The van der Waals surface area contributed by atoms with Crippen molar-refractivity contribution in [3.63, 3.8) is 0 Å². The van der Waals surface area contributed by atoms with Gasteiger partial charge in [0.25, 0.3) is 5.91 Å². The Balaban J connectivity index is 1.46. The lowest BCUT2D eigenvalue weighted by molar-refractivity contribution is -0.223. The number of carbonyl (C=O) groups is 9. The van der Waals surface area contributed by atoms with Crippen molar-refractivity contribution in [2.45, 2.75) is 101 Å². The number of rotatable bonds is 24. The number of aromatic nitrogens is 2. The standard InChI is InChI=1S/C53H57N4O22PS/c1-8-26-71-80(68,81-53(51(66)69-7)27-38(73-32(4)60)42(54-30(2)58)45(79-53)43(75-34(6)62)39(74-33(5)61)28-70-31(3)59)72-29-40-44(77-49(64)36-20-14-10-15-21-36)46(78-50(65)37-22-16-11-17-23-37)48(76-40)57-25-24-41(56-52(57)67)55-47(63)35-18-12-9-13-19-35/h8-25,38-40,42-46,48H,1,26-29H2,2-7H3,(H,54,58)(H,55,56,63,67)/t38-,39+,40+,42+,43+,44+,45+,46+,48+,53+,80?/m0/s1. The smallest absolute Gasteiger partial charge is 0.392 e. The Morgan fingerprint density at radius 3 is 1.88 bits per heavy atom. The molecule has 1 aromatic heterocycles. The number of ether oxygens (including phenoxy) is 9. The van der Waals surface area contributed by atoms with Crippen LogP contribution in [0, 0.1) is 0 Å². The number of anilines is 1. The van der Waals surface area contributed by atoms with Gasteiger partial charge in [-0.25, -0.2) is 23.7 Å². The summed E-state index contributed by atoms with van der Waals surface area (Å²) >= 11 is 0.0128. The average Bonchev–Trinajstić information content (AvgIpc) is 3.91. The number of nitrogens with one attached hydrogen (secondary N) is 2. The number of benzene rings is 3. The van der Waals surface area contributed by atoms with Crippen LogP contribution >= 0.6 is 18.2 Å². The maximum atomic E-state index is 15.6. The first-order valence-electron chi connectivity index (χ1n) is 24.6. The molecule has 28 heteroatoms. The molecule has 0 saturated carbocycles. The Hall–Kier alpha value is -8.07. The minimum absolute atomic E-state index is 0.00131. The molecule has 2 amide bonds. The molecular formula is C53H57N4O22PS. The van der Waals surface area contributed by atoms with Gasteiger partial charge in [0, 0.05) is 64.2 Å². The number of nitrogens with zero attached hydrogens (tertiary/aromatic N) is 2. The molecule has 3 heterocycles. The van der Waals surface area contributed by atoms with Crippen LogP contribution in [0.25, 0.3) is 0 Å². The summed E-state index contributed by atoms with van der Waals surface area (Å²) in [6.07, 6.45) is -12.9. The van der Waals surface area contributed by atoms with E-state index in [2.05, 4.69) is 22.2 Å². The van der Waals surface area contributed by atoms with Gasteiger partial charge in [-0.1, -0.05) is 60.7 Å². The lowest BCUT2D eigenvalue weighted by atomic mass is 9.89. The molecule has 0 spiro atoms. The van der Waals surface area contributed by atoms with E-state index in [0.717, 1.165) is 58.6 Å². The van der Waals surface area contributed by atoms with Gasteiger partial charge in [0.05, 0.1) is 37.5 Å². The first-order chi connectivity index (χ1) is 38.5. The van der Waals surface area contributed by atoms with E-state index in [9.17, 15) is 47.9 Å². The number of hydrogen-bond acceptors (Lipinski definition) is 24. The monoisotopic (exact) mass is 1160 g/mol. The Labute approximate surface area is 466 Å². The fraction of sp³-hybridized carbons (Fsp3) is 0.377. The van der Waals surface area contributed by atoms with Crippen LogP contribution in [0.3, 0.4) is 0 Å². The van der Waals surface area contributed by atoms with Crippen LogP contribution in [0.1, 0.15) is 78.3 Å². The highest BCUT2D eigenvalue weighted by atomic mass is 32.7. The number of esters is 7. The van der Waals surface area contributed by atoms with Gasteiger partial charge in [0.1, 0.15) is 30.7 Å². The lowest BCUT2D eigenvalue weighted by Gasteiger charge is -2.48. The molecule has 2 aliphatic rings. The fourth-order valence-electron chi connectivity index (χ4n) is 8.39. The van der Waals surface area contributed by atoms with Gasteiger partial charge in [-0.3, -0.25) is 42.4 Å². The van der Waals surface area contributed by atoms with Crippen molar-refractivity contribution >= 4 is 77.6 Å². The van der Waals surface area contributed by atoms with E-state index < -0.39 is 152 Å². The summed E-state index contributed by atoms with van der Waals surface area (Å²) in [5, 5.41) is 5.07. The zero-order valence-electron chi connectivity index (χ0n) is 44.4. The van der Waals surface area contributed by atoms with Crippen LogP contribution < -0.4 is 16.3 Å². The zero-order valence-corrected chi connectivity index (χ0v) is 46.1. The van der Waals surface area contributed by atoms with E-state index in [1.54, 1.807) is 42.5 Å². The third-order valence-corrected chi connectivity index (χ3v) is 15.7. The summed E-state index contributed by atoms with van der Waals surface area (Å²) in [7, 11) is 0.904. The van der Waals surface area contributed by atoms with Crippen molar-refractivity contribution in [1.29, 1.82) is 0 Å². The van der Waals surface area contributed by atoms with Crippen molar-refractivity contribution < 1.29 is 99.4 Å². The van der Waals surface area contributed by atoms with Gasteiger partial charge < -0.3 is 53.3 Å². The minimum Gasteiger partial charge on any atom is -0.466 e. The highest BCUT2D eigenvalue weighted by molar-refractivity contribution is 8.56. The van der Waals surface area contributed by atoms with E-state index in [0.29, 0.717) is 0 Å². The van der Waals surface area contributed by atoms with Crippen LogP contribution in [-0.4, -0.2) is 144 Å². The van der Waals surface area contributed by atoms with Gasteiger partial charge >= 0.3 is 54.3 Å². The second-order valence-corrected chi connectivity index (χ2v) is 21.9. The van der Waals surface area contributed by atoms with E-state index >= 15 is 4.57 Å². The van der Waals surface area contributed by atoms with E-state index in [-0.39, 0.29) is 33.9 Å². The summed E-state index contributed by atoms with van der Waals surface area (Å²) in [4.78, 5) is 134. The third-order valence-electron chi connectivity index (χ3n) is 11.7. The molecule has 2 saturated heterocycles. The number of carbonyl (C=O) groups excluding carboxylic acids is 9. The van der Waals surface area contributed by atoms with Crippen molar-refractivity contribution in [1.82, 2.24) is 14.9 Å². The maximum absolute atomic E-state index is 15.6. The molecule has 2 aliphatic heterocycles. The van der Waals surface area contributed by atoms with Crippen LogP contribution in [0.15, 0.2) is 121 Å². The molecule has 432 valence electrons. The van der Waals surface area contributed by atoms with E-state index in [4.69, 9.17) is 51.7 Å². The Bertz CT molecular complexity index is 3060. The SMILES string of the molecule is C=CCOP(=O)(OC[C@H]1O[C@@H](n2ccc(NC(=O)c3ccccc3)nc2=O)[C@H](OC(=O)c2ccccc2)[C@@H]1OC(=O)c1ccccc1)S[C@@]1(C(=O)OC)C[C@H](OC(C)=O)[C@@H](NC(C)=O)[C@H]([C@H](OC(C)=O)[C@@H](COC(C)=O)OC(C)=O)O1. The van der Waals surface area contributed by atoms with Gasteiger partial charge in [-0.2, -0.15) is 4.98 Å². The van der Waals surface area contributed by atoms with Crippen LogP contribution in [-0.2, 0) is 85.0 Å². The topological polar surface area (TPSA) is 331 Å². The van der Waals surface area contributed by atoms with Crippen LogP contribution in [0.5, 0.6) is 0 Å². The second kappa shape index (κ2) is 28.4. The molecule has 0 aliphatic carbocycles. The Morgan fingerprint density at radius 1 is 0.778 bits per heavy atom. The number of hydrogen-bond donors (Lipinski definition) is 2. The third kappa shape index (κ3) is 16.7. The summed E-state index contributed by atoms with van der Waals surface area (Å²) in [5.41, 5.74) is -0.812. The molecule has 4 aromatic rings. The molecule has 0 radical (unpaired) electrons. The molecular weight excluding hydrogens is 1110 g/mol. The Morgan fingerprint density at radius 2 is 1.36 bits per heavy atom. The van der Waals surface area contributed by atoms with E-state index in [1.165, 1.54) is 54.6 Å². The molecule has 3 aromatic carbocycles. The molecule has 6 rings (SSSR count). The summed E-state index contributed by atoms with van der Waals surface area (Å²) < 4.78 is 80.4. The molecule has 11 atom stereocenters. The summed E-state index contributed by atoms with van der Waals surface area (Å²) in [5.74, 6) is -8.87. The molecule has 2 N–H and O–H groups in total. The van der Waals surface area contributed by atoms with E-state index in [1.807, 2.05) is 0 Å². The molecule has 26 nitrogen and oxygen atoms in total. The highest BCUT2D eigenvalue weighted by Crippen LogP contribution is 2.68. The maximum Gasteiger partial charge on any atom is 0.392 e. The highest BCUT2D eigenvalue weighted by Gasteiger charge is 2.62. The Kier molecular flexibility index (Phi) is 21.8. The second-order valence-electron chi connectivity index (χ2n) is 17.7. The van der Waals surface area contributed by atoms with Crippen molar-refractivity contribution in [2.75, 3.05) is 32.2 Å². The first-order valence-corrected chi connectivity index (χ1v) is 27.5. The van der Waals surface area contributed by atoms with Crippen LogP contribution in [0.2, 0.25) is 0 Å². The number of methoxy groups -OCH3 is 1. The van der Waals surface area contributed by atoms with Gasteiger partial charge in [-0.05, 0) is 42.5 Å². The van der Waals surface area contributed by atoms with Crippen molar-refractivity contribution in [3.8, 4) is 0 Å². The average molecular weight is 1170 g/mol. The van der Waals surface area contributed by atoms with Crippen molar-refractivity contribution in [2.24, 2.45) is 0 Å². The minimum atomic E-state index is -5.13. The van der Waals surface area contributed by atoms with Gasteiger partial charge in [-0.15, -0.1) is 6.58 Å². The predicted molar refractivity (Wildman–Crippen MR) is 281 cm³/mol. The fourth-order valence-corrected chi connectivity index (χ4v) is 12.4. The summed E-state index contributed by atoms with van der Waals surface area (Å²) in [6, 6.07) is 22.8. The largest absolute Gasteiger partial charge is 0.466 e. The normalized spacial score (nSPS) is 22.6. The van der Waals surface area contributed by atoms with Gasteiger partial charge in [0.15, 0.2) is 30.6 Å². The number of amides is 2. The molecule has 2 fully saturated rings. The van der Waals surface area contributed by atoms with Crippen molar-refractivity contribution in [3.05, 3.63) is 143 Å².